The largest absolute Gasteiger partial charge is 0.395 e. The van der Waals surface area contributed by atoms with Crippen LogP contribution in [0.4, 0.5) is 0 Å². The Morgan fingerprint density at radius 2 is 2.00 bits per heavy atom. The summed E-state index contributed by atoms with van der Waals surface area (Å²) in [5, 5.41) is 9.51. The highest BCUT2D eigenvalue weighted by molar-refractivity contribution is 7.98. The van der Waals surface area contributed by atoms with E-state index in [0.29, 0.717) is 0 Å². The van der Waals surface area contributed by atoms with Crippen molar-refractivity contribution in [2.45, 2.75) is 11.0 Å². The van der Waals surface area contributed by atoms with Gasteiger partial charge in [0.15, 0.2) is 0 Å². The molecule has 1 N–H and O–H groups in total. The maximum Gasteiger partial charge on any atom is 0.115 e. The molecule has 0 aliphatic heterocycles. The van der Waals surface area contributed by atoms with Gasteiger partial charge in [0, 0.05) is 11.9 Å². The minimum absolute atomic E-state index is 0.103. The molecule has 88 valence electrons. The van der Waals surface area contributed by atoms with E-state index in [9.17, 15) is 5.11 Å². The first-order valence-electron chi connectivity index (χ1n) is 5.42. The fraction of sp³-hybridized carbons (Fsp3) is 0.231. The maximum absolute atomic E-state index is 9.40. The fourth-order valence-corrected chi connectivity index (χ4v) is 2.51. The molecule has 17 heavy (non-hydrogen) atoms. The second kappa shape index (κ2) is 6.37. The van der Waals surface area contributed by atoms with Gasteiger partial charge in [-0.15, -0.1) is 11.8 Å². The van der Waals surface area contributed by atoms with Crippen LogP contribution in [-0.4, -0.2) is 21.7 Å². The number of hydrogen-bond acceptors (Lipinski definition) is 4. The molecule has 0 radical (unpaired) electrons. The predicted octanol–water partition coefficient (Wildman–Crippen LogP) is 2.44. The number of aliphatic hydroxyl groups excluding tert-OH is 1. The van der Waals surface area contributed by atoms with Gasteiger partial charge in [-0.25, -0.2) is 9.97 Å². The second-order valence-corrected chi connectivity index (χ2v) is 4.78. The summed E-state index contributed by atoms with van der Waals surface area (Å²) in [6, 6.07) is 11.9. The monoisotopic (exact) mass is 246 g/mol. The maximum atomic E-state index is 9.40. The summed E-state index contributed by atoms with van der Waals surface area (Å²) in [6.07, 6.45) is 3.28. The highest BCUT2D eigenvalue weighted by atomic mass is 32.2. The van der Waals surface area contributed by atoms with Crippen LogP contribution in [0, 0.1) is 0 Å². The molecule has 0 bridgehead atoms. The molecule has 0 saturated heterocycles. The number of aliphatic hydroxyl groups is 1. The van der Waals surface area contributed by atoms with Crippen molar-refractivity contribution in [1.82, 2.24) is 9.97 Å². The molecule has 0 spiro atoms. The van der Waals surface area contributed by atoms with E-state index in [1.807, 2.05) is 36.4 Å². The molecule has 0 fully saturated rings. The van der Waals surface area contributed by atoms with Crippen LogP contribution in [0.5, 0.6) is 0 Å². The van der Waals surface area contributed by atoms with Crippen molar-refractivity contribution in [2.24, 2.45) is 0 Å². The number of hydrogen-bond donors (Lipinski definition) is 1. The normalized spacial score (nSPS) is 12.3. The molecule has 1 aromatic heterocycles. The van der Waals surface area contributed by atoms with Gasteiger partial charge in [0.1, 0.15) is 6.33 Å². The lowest BCUT2D eigenvalue weighted by Gasteiger charge is -2.13. The molecule has 3 nitrogen and oxygen atoms in total. The summed E-state index contributed by atoms with van der Waals surface area (Å²) >= 11 is 1.69. The number of nitrogens with zero attached hydrogens (tertiary/aromatic N) is 2. The van der Waals surface area contributed by atoms with Crippen LogP contribution in [0.15, 0.2) is 48.9 Å². The average molecular weight is 246 g/mol. The highest BCUT2D eigenvalue weighted by Crippen LogP contribution is 2.30. The first kappa shape index (κ1) is 12.1. The van der Waals surface area contributed by atoms with E-state index in [0.717, 1.165) is 17.0 Å². The summed E-state index contributed by atoms with van der Waals surface area (Å²) in [4.78, 5) is 8.05. The molecule has 1 heterocycles. The Balaban J connectivity index is 1.97. The van der Waals surface area contributed by atoms with Crippen molar-refractivity contribution < 1.29 is 5.11 Å². The minimum atomic E-state index is 0.103. The van der Waals surface area contributed by atoms with Crippen LogP contribution in [-0.2, 0) is 5.75 Å². The van der Waals surface area contributed by atoms with Gasteiger partial charge >= 0.3 is 0 Å². The van der Waals surface area contributed by atoms with Gasteiger partial charge in [-0.05, 0) is 11.6 Å². The third-order valence-electron chi connectivity index (χ3n) is 2.41. The van der Waals surface area contributed by atoms with E-state index in [1.165, 1.54) is 0 Å². The highest BCUT2D eigenvalue weighted by Gasteiger charge is 2.10. The Labute approximate surface area is 105 Å². The molecule has 1 aromatic carbocycles. The third kappa shape index (κ3) is 3.54. The predicted molar refractivity (Wildman–Crippen MR) is 69.6 cm³/mol. The molecular formula is C13H14N2OS. The zero-order valence-corrected chi connectivity index (χ0v) is 10.2. The van der Waals surface area contributed by atoms with Crippen LogP contribution in [0.3, 0.4) is 0 Å². The molecule has 1 atom stereocenters. The minimum Gasteiger partial charge on any atom is -0.395 e. The van der Waals surface area contributed by atoms with Crippen molar-refractivity contribution in [3.63, 3.8) is 0 Å². The first-order chi connectivity index (χ1) is 8.40. The van der Waals surface area contributed by atoms with Crippen molar-refractivity contribution in [3.8, 4) is 0 Å². The van der Waals surface area contributed by atoms with Gasteiger partial charge in [-0.3, -0.25) is 0 Å². The van der Waals surface area contributed by atoms with E-state index in [-0.39, 0.29) is 11.9 Å². The SMILES string of the molecule is OCC(SCc1ccncn1)c1ccccc1. The van der Waals surface area contributed by atoms with Gasteiger partial charge in [0.25, 0.3) is 0 Å². The lowest BCUT2D eigenvalue weighted by Crippen LogP contribution is -2.00. The van der Waals surface area contributed by atoms with E-state index in [2.05, 4.69) is 9.97 Å². The molecule has 2 aromatic rings. The first-order valence-corrected chi connectivity index (χ1v) is 6.47. The zero-order valence-electron chi connectivity index (χ0n) is 9.36. The van der Waals surface area contributed by atoms with Crippen molar-refractivity contribution >= 4 is 11.8 Å². The van der Waals surface area contributed by atoms with Gasteiger partial charge in [0.05, 0.1) is 17.6 Å². The summed E-state index contributed by atoms with van der Waals surface area (Å²) in [5.41, 5.74) is 2.13. The zero-order chi connectivity index (χ0) is 11.9. The Morgan fingerprint density at radius 3 is 2.65 bits per heavy atom. The van der Waals surface area contributed by atoms with Gasteiger partial charge in [0.2, 0.25) is 0 Å². The lowest BCUT2D eigenvalue weighted by atomic mass is 10.2. The Hall–Kier alpha value is -1.39. The standard InChI is InChI=1S/C13H14N2OS/c16-8-13(11-4-2-1-3-5-11)17-9-12-6-7-14-10-15-12/h1-7,10,13,16H,8-9H2. The molecule has 4 heteroatoms. The van der Waals surface area contributed by atoms with Crippen LogP contribution in [0.1, 0.15) is 16.5 Å². The molecule has 0 aliphatic rings. The fourth-order valence-electron chi connectivity index (χ4n) is 1.51. The molecular weight excluding hydrogens is 232 g/mol. The average Bonchev–Trinajstić information content (AvgIpc) is 2.42. The molecule has 0 saturated carbocycles. The topological polar surface area (TPSA) is 46.0 Å². The number of aromatic nitrogens is 2. The van der Waals surface area contributed by atoms with Crippen LogP contribution in [0.2, 0.25) is 0 Å². The van der Waals surface area contributed by atoms with Gasteiger partial charge in [-0.1, -0.05) is 30.3 Å². The van der Waals surface area contributed by atoms with E-state index < -0.39 is 0 Å². The third-order valence-corrected chi connectivity index (χ3v) is 3.70. The smallest absolute Gasteiger partial charge is 0.115 e. The Morgan fingerprint density at radius 1 is 1.18 bits per heavy atom. The number of thioether (sulfide) groups is 1. The van der Waals surface area contributed by atoms with Gasteiger partial charge < -0.3 is 5.11 Å². The van der Waals surface area contributed by atoms with Crippen LogP contribution >= 0.6 is 11.8 Å². The Kier molecular flexibility index (Phi) is 4.53. The number of rotatable bonds is 5. The lowest BCUT2D eigenvalue weighted by molar-refractivity contribution is 0.296. The van der Waals surface area contributed by atoms with E-state index >= 15 is 0 Å². The van der Waals surface area contributed by atoms with Gasteiger partial charge in [-0.2, -0.15) is 0 Å². The molecule has 1 unspecified atom stereocenters. The molecule has 0 aliphatic carbocycles. The number of benzene rings is 1. The second-order valence-electron chi connectivity index (χ2n) is 3.59. The summed E-state index contributed by atoms with van der Waals surface area (Å²) in [7, 11) is 0. The molecule has 0 amide bonds. The summed E-state index contributed by atoms with van der Waals surface area (Å²) in [6.45, 7) is 0.139. The van der Waals surface area contributed by atoms with Crippen LogP contribution < -0.4 is 0 Å². The molecule has 2 rings (SSSR count). The Bertz CT molecular complexity index is 436. The van der Waals surface area contributed by atoms with Crippen molar-refractivity contribution in [2.75, 3.05) is 6.61 Å². The summed E-state index contributed by atoms with van der Waals surface area (Å²) in [5.74, 6) is 0.780. The quantitative estimate of drug-likeness (QED) is 0.880. The van der Waals surface area contributed by atoms with E-state index in [1.54, 1.807) is 24.3 Å². The van der Waals surface area contributed by atoms with Crippen molar-refractivity contribution in [3.05, 3.63) is 60.2 Å². The summed E-state index contributed by atoms with van der Waals surface area (Å²) < 4.78 is 0. The van der Waals surface area contributed by atoms with E-state index in [4.69, 9.17) is 0 Å². The van der Waals surface area contributed by atoms with Crippen LogP contribution in [0.25, 0.3) is 0 Å². The van der Waals surface area contributed by atoms with Crippen molar-refractivity contribution in [1.29, 1.82) is 0 Å².